The average Bonchev–Trinajstić information content (AvgIpc) is 1.82. The molecule has 0 aliphatic rings. The molecule has 0 spiro atoms. The van der Waals surface area contributed by atoms with E-state index in [1.807, 2.05) is 13.8 Å². The van der Waals surface area contributed by atoms with E-state index >= 15 is 0 Å². The highest BCUT2D eigenvalue weighted by molar-refractivity contribution is 5.33. The second-order valence-corrected chi connectivity index (χ2v) is 2.21. The largest absolute Gasteiger partial charge is 0.394 e. The molecule has 0 rings (SSSR count). The summed E-state index contributed by atoms with van der Waals surface area (Å²) < 4.78 is 0. The first-order valence-electron chi connectivity index (χ1n) is 2.90. The molecule has 0 aromatic carbocycles. The molecule has 0 amide bonds. The fourth-order valence-electron chi connectivity index (χ4n) is 0.468. The molecule has 0 aromatic rings. The van der Waals surface area contributed by atoms with E-state index in [9.17, 15) is 4.79 Å². The fourth-order valence-corrected chi connectivity index (χ4v) is 0.468. The number of carbonyl (C=O) groups excluding carboxylic acids is 1. The third-order valence-electron chi connectivity index (χ3n) is 1.18. The first-order valence-corrected chi connectivity index (χ1v) is 2.90. The van der Waals surface area contributed by atoms with Gasteiger partial charge in [-0.3, -0.25) is 0 Å². The van der Waals surface area contributed by atoms with Gasteiger partial charge >= 0.3 is 0 Å². The van der Waals surface area contributed by atoms with E-state index in [2.05, 4.69) is 4.99 Å². The molecule has 52 valence electrons. The van der Waals surface area contributed by atoms with Crippen LogP contribution in [0, 0.1) is 5.92 Å². The first kappa shape index (κ1) is 8.34. The summed E-state index contributed by atoms with van der Waals surface area (Å²) in [6.07, 6.45) is 1.42. The van der Waals surface area contributed by atoms with Gasteiger partial charge in [0.05, 0.1) is 12.6 Å². The minimum atomic E-state index is -0.275. The van der Waals surface area contributed by atoms with Gasteiger partial charge in [0.2, 0.25) is 6.08 Å². The van der Waals surface area contributed by atoms with Gasteiger partial charge in [-0.05, 0) is 5.92 Å². The Morgan fingerprint density at radius 1 is 1.67 bits per heavy atom. The van der Waals surface area contributed by atoms with Gasteiger partial charge in [0.15, 0.2) is 0 Å². The Bertz CT molecular complexity index is 116. The highest BCUT2D eigenvalue weighted by atomic mass is 16.3. The molecule has 1 atom stereocenters. The van der Waals surface area contributed by atoms with Crippen molar-refractivity contribution in [2.75, 3.05) is 6.61 Å². The molecule has 0 aliphatic heterocycles. The maximum Gasteiger partial charge on any atom is 0.235 e. The number of rotatable bonds is 3. The molecule has 3 nitrogen and oxygen atoms in total. The zero-order valence-electron chi connectivity index (χ0n) is 5.66. The van der Waals surface area contributed by atoms with Gasteiger partial charge in [-0.2, -0.15) is 4.99 Å². The van der Waals surface area contributed by atoms with E-state index in [0.29, 0.717) is 0 Å². The van der Waals surface area contributed by atoms with E-state index in [0.717, 1.165) is 0 Å². The lowest BCUT2D eigenvalue weighted by molar-refractivity contribution is 0.239. The van der Waals surface area contributed by atoms with Crippen LogP contribution in [0.25, 0.3) is 0 Å². The van der Waals surface area contributed by atoms with Crippen LogP contribution in [0.1, 0.15) is 13.8 Å². The Balaban J connectivity index is 3.82. The molecule has 0 saturated carbocycles. The zero-order valence-corrected chi connectivity index (χ0v) is 5.66. The van der Waals surface area contributed by atoms with E-state index in [4.69, 9.17) is 5.11 Å². The molecule has 1 unspecified atom stereocenters. The van der Waals surface area contributed by atoms with Crippen LogP contribution in [0.2, 0.25) is 0 Å². The van der Waals surface area contributed by atoms with E-state index in [-0.39, 0.29) is 18.6 Å². The topological polar surface area (TPSA) is 49.7 Å². The van der Waals surface area contributed by atoms with Crippen molar-refractivity contribution < 1.29 is 9.90 Å². The molecule has 9 heavy (non-hydrogen) atoms. The molecule has 0 radical (unpaired) electrons. The van der Waals surface area contributed by atoms with Crippen LogP contribution >= 0.6 is 0 Å². The number of aliphatic imine (C=N–C) groups is 1. The number of nitrogens with zero attached hydrogens (tertiary/aromatic N) is 1. The summed E-state index contributed by atoms with van der Waals surface area (Å²) in [4.78, 5) is 13.1. The third kappa shape index (κ3) is 3.01. The standard InChI is InChI=1S/C6H11NO2/c1-5(2)6(3-8)7-4-9/h5-6,8H,3H2,1-2H3. The van der Waals surface area contributed by atoms with Crippen LogP contribution < -0.4 is 0 Å². The van der Waals surface area contributed by atoms with Crippen LogP contribution in [0.15, 0.2) is 4.99 Å². The zero-order chi connectivity index (χ0) is 7.28. The van der Waals surface area contributed by atoms with Gasteiger partial charge in [0.1, 0.15) is 0 Å². The lowest BCUT2D eigenvalue weighted by Crippen LogP contribution is -2.16. The number of aliphatic hydroxyl groups excluding tert-OH is 1. The summed E-state index contributed by atoms with van der Waals surface area (Å²) >= 11 is 0. The molecule has 0 fully saturated rings. The second kappa shape index (κ2) is 4.24. The molecule has 0 aliphatic carbocycles. The maximum atomic E-state index is 9.68. The molecular formula is C6H11NO2. The number of hydrogen-bond donors (Lipinski definition) is 1. The summed E-state index contributed by atoms with van der Waals surface area (Å²) in [5.74, 6) is 0.205. The van der Waals surface area contributed by atoms with Crippen LogP contribution in [-0.2, 0) is 4.79 Å². The number of isocyanates is 1. The minimum absolute atomic E-state index is 0.0765. The minimum Gasteiger partial charge on any atom is -0.394 e. The fraction of sp³-hybridized carbons (Fsp3) is 0.833. The highest BCUT2D eigenvalue weighted by Gasteiger charge is 2.08. The maximum absolute atomic E-state index is 9.68. The molecule has 3 heteroatoms. The Morgan fingerprint density at radius 2 is 2.22 bits per heavy atom. The molecule has 0 heterocycles. The SMILES string of the molecule is CC(C)C(CO)N=C=O. The first-order chi connectivity index (χ1) is 4.22. The van der Waals surface area contributed by atoms with E-state index < -0.39 is 0 Å². The predicted molar refractivity (Wildman–Crippen MR) is 33.8 cm³/mol. The van der Waals surface area contributed by atoms with E-state index in [1.54, 1.807) is 0 Å². The monoisotopic (exact) mass is 129 g/mol. The molecule has 1 N–H and O–H groups in total. The van der Waals surface area contributed by atoms with Gasteiger partial charge in [-0.1, -0.05) is 13.8 Å². The van der Waals surface area contributed by atoms with Gasteiger partial charge < -0.3 is 5.11 Å². The van der Waals surface area contributed by atoms with Gasteiger partial charge in [-0.25, -0.2) is 4.79 Å². The van der Waals surface area contributed by atoms with Gasteiger partial charge in [-0.15, -0.1) is 0 Å². The smallest absolute Gasteiger partial charge is 0.235 e. The summed E-state index contributed by atoms with van der Waals surface area (Å²) in [6.45, 7) is 3.70. The van der Waals surface area contributed by atoms with Crippen molar-refractivity contribution in [3.63, 3.8) is 0 Å². The molecular weight excluding hydrogens is 118 g/mol. The summed E-state index contributed by atoms with van der Waals surface area (Å²) in [5.41, 5.74) is 0. The van der Waals surface area contributed by atoms with E-state index in [1.165, 1.54) is 6.08 Å². The normalized spacial score (nSPS) is 12.9. The number of aliphatic hydroxyl groups is 1. The summed E-state index contributed by atoms with van der Waals surface area (Å²) in [6, 6.07) is -0.275. The number of hydrogen-bond acceptors (Lipinski definition) is 3. The van der Waals surface area contributed by atoms with Gasteiger partial charge in [0.25, 0.3) is 0 Å². The highest BCUT2D eigenvalue weighted by Crippen LogP contribution is 2.03. The molecule has 0 bridgehead atoms. The Labute approximate surface area is 54.4 Å². The summed E-state index contributed by atoms with van der Waals surface area (Å²) in [5, 5.41) is 8.55. The van der Waals surface area contributed by atoms with Crippen LogP contribution in [0.3, 0.4) is 0 Å². The second-order valence-electron chi connectivity index (χ2n) is 2.21. The van der Waals surface area contributed by atoms with Crippen molar-refractivity contribution in [2.45, 2.75) is 19.9 Å². The third-order valence-corrected chi connectivity index (χ3v) is 1.18. The van der Waals surface area contributed by atoms with Crippen molar-refractivity contribution in [1.29, 1.82) is 0 Å². The van der Waals surface area contributed by atoms with Crippen molar-refractivity contribution in [3.8, 4) is 0 Å². The lowest BCUT2D eigenvalue weighted by Gasteiger charge is -2.09. The predicted octanol–water partition coefficient (Wildman–Crippen LogP) is 0.339. The Kier molecular flexibility index (Phi) is 3.93. The van der Waals surface area contributed by atoms with Gasteiger partial charge in [0, 0.05) is 0 Å². The van der Waals surface area contributed by atoms with Crippen molar-refractivity contribution in [3.05, 3.63) is 0 Å². The van der Waals surface area contributed by atoms with Crippen LogP contribution in [0.5, 0.6) is 0 Å². The quantitative estimate of drug-likeness (QED) is 0.441. The Hall–Kier alpha value is -0.660. The summed E-state index contributed by atoms with van der Waals surface area (Å²) in [7, 11) is 0. The Morgan fingerprint density at radius 3 is 2.33 bits per heavy atom. The lowest BCUT2D eigenvalue weighted by atomic mass is 10.1. The van der Waals surface area contributed by atoms with Crippen LogP contribution in [0.4, 0.5) is 0 Å². The van der Waals surface area contributed by atoms with Crippen molar-refractivity contribution in [1.82, 2.24) is 0 Å². The molecule has 0 saturated heterocycles. The average molecular weight is 129 g/mol. The van der Waals surface area contributed by atoms with Crippen LogP contribution in [-0.4, -0.2) is 23.8 Å². The van der Waals surface area contributed by atoms with Crippen molar-refractivity contribution >= 4 is 6.08 Å². The molecule has 0 aromatic heterocycles. The van der Waals surface area contributed by atoms with Crippen molar-refractivity contribution in [2.24, 2.45) is 10.9 Å².